The normalized spacial score (nSPS) is 11.8. The molecule has 1 aromatic heterocycles. The Balaban J connectivity index is 1.82. The summed E-state index contributed by atoms with van der Waals surface area (Å²) in [6.07, 6.45) is 0. The molecule has 0 fully saturated rings. The maximum Gasteiger partial charge on any atom is 0.262 e. The lowest BCUT2D eigenvalue weighted by Gasteiger charge is -2.12. The molecule has 0 saturated carbocycles. The zero-order valence-corrected chi connectivity index (χ0v) is 16.3. The first-order chi connectivity index (χ1) is 12.9. The summed E-state index contributed by atoms with van der Waals surface area (Å²) in [5.41, 5.74) is 1.51. The monoisotopic (exact) mass is 421 g/mol. The van der Waals surface area contributed by atoms with Gasteiger partial charge in [-0.2, -0.15) is 0 Å². The number of hydrogen-bond donors (Lipinski definition) is 1. The van der Waals surface area contributed by atoms with Gasteiger partial charge in [0.15, 0.2) is 0 Å². The van der Waals surface area contributed by atoms with E-state index in [1.165, 1.54) is 25.3 Å². The Hall–Kier alpha value is -2.41. The molecular weight excluding hydrogens is 409 g/mol. The zero-order chi connectivity index (χ0) is 19.2. The van der Waals surface area contributed by atoms with E-state index in [0.717, 1.165) is 10.8 Å². The van der Waals surface area contributed by atoms with Crippen LogP contribution in [0, 0.1) is 0 Å². The van der Waals surface area contributed by atoms with E-state index in [-0.39, 0.29) is 20.6 Å². The number of rotatable bonds is 4. The van der Waals surface area contributed by atoms with Crippen molar-refractivity contribution in [2.45, 2.75) is 4.90 Å². The molecule has 1 N–H and O–H groups in total. The first kappa shape index (κ1) is 18.0. The van der Waals surface area contributed by atoms with Crippen LogP contribution in [0.25, 0.3) is 21.9 Å². The molecule has 1 heterocycles. The summed E-state index contributed by atoms with van der Waals surface area (Å²) in [5.74, 6) is 0.373. The molecular formula is C19H13Cl2NO4S. The molecule has 4 rings (SSSR count). The number of anilines is 1. The van der Waals surface area contributed by atoms with Gasteiger partial charge in [0, 0.05) is 16.8 Å². The second-order valence-corrected chi connectivity index (χ2v) is 8.33. The second kappa shape index (κ2) is 6.64. The summed E-state index contributed by atoms with van der Waals surface area (Å²) in [6, 6.07) is 15.0. The molecule has 27 heavy (non-hydrogen) atoms. The van der Waals surface area contributed by atoms with Crippen molar-refractivity contribution in [1.82, 2.24) is 0 Å². The molecule has 4 aromatic rings. The van der Waals surface area contributed by atoms with E-state index < -0.39 is 10.0 Å². The number of benzene rings is 3. The molecule has 3 aromatic carbocycles. The zero-order valence-electron chi connectivity index (χ0n) is 14.0. The van der Waals surface area contributed by atoms with Crippen molar-refractivity contribution in [3.8, 4) is 5.75 Å². The van der Waals surface area contributed by atoms with Crippen LogP contribution in [0.15, 0.2) is 63.9 Å². The lowest BCUT2D eigenvalue weighted by Crippen LogP contribution is -2.13. The summed E-state index contributed by atoms with van der Waals surface area (Å²) in [5, 5.41) is 2.18. The molecule has 0 amide bonds. The highest BCUT2D eigenvalue weighted by Crippen LogP contribution is 2.37. The number of sulfonamides is 1. The van der Waals surface area contributed by atoms with Gasteiger partial charge in [0.2, 0.25) is 0 Å². The number of ether oxygens (including phenoxy) is 1. The topological polar surface area (TPSA) is 68.5 Å². The van der Waals surface area contributed by atoms with Crippen LogP contribution in [0.3, 0.4) is 0 Å². The van der Waals surface area contributed by atoms with Gasteiger partial charge in [-0.15, -0.1) is 0 Å². The van der Waals surface area contributed by atoms with E-state index in [2.05, 4.69) is 4.72 Å². The average Bonchev–Trinajstić information content (AvgIpc) is 3.00. The third-order valence-corrected chi connectivity index (χ3v) is 6.25. The molecule has 8 heteroatoms. The predicted molar refractivity (Wildman–Crippen MR) is 108 cm³/mol. The van der Waals surface area contributed by atoms with Crippen molar-refractivity contribution < 1.29 is 17.6 Å². The van der Waals surface area contributed by atoms with E-state index >= 15 is 0 Å². The Morgan fingerprint density at radius 2 is 1.70 bits per heavy atom. The van der Waals surface area contributed by atoms with E-state index in [9.17, 15) is 8.42 Å². The van der Waals surface area contributed by atoms with Gasteiger partial charge in [-0.3, -0.25) is 4.72 Å². The van der Waals surface area contributed by atoms with Crippen molar-refractivity contribution in [2.75, 3.05) is 11.8 Å². The summed E-state index contributed by atoms with van der Waals surface area (Å²) in [4.78, 5) is -0.0105. The Kier molecular flexibility index (Phi) is 4.42. The molecule has 138 valence electrons. The average molecular weight is 422 g/mol. The fraction of sp³-hybridized carbons (Fsp3) is 0.0526. The van der Waals surface area contributed by atoms with Crippen molar-refractivity contribution in [1.29, 1.82) is 0 Å². The minimum atomic E-state index is -3.90. The van der Waals surface area contributed by atoms with Crippen LogP contribution < -0.4 is 9.46 Å². The van der Waals surface area contributed by atoms with Gasteiger partial charge in [0.25, 0.3) is 10.0 Å². The van der Waals surface area contributed by atoms with E-state index in [1.807, 2.05) is 24.3 Å². The van der Waals surface area contributed by atoms with Crippen molar-refractivity contribution in [2.24, 2.45) is 0 Å². The van der Waals surface area contributed by atoms with Crippen LogP contribution in [0.5, 0.6) is 5.75 Å². The molecule has 0 atom stereocenters. The fourth-order valence-electron chi connectivity index (χ4n) is 2.85. The Bertz CT molecular complexity index is 1280. The minimum Gasteiger partial charge on any atom is -0.495 e. The first-order valence-electron chi connectivity index (χ1n) is 7.86. The van der Waals surface area contributed by atoms with Gasteiger partial charge < -0.3 is 9.15 Å². The number of fused-ring (bicyclic) bond motifs is 3. The summed E-state index contributed by atoms with van der Waals surface area (Å²) in [6.45, 7) is 0. The summed E-state index contributed by atoms with van der Waals surface area (Å²) >= 11 is 11.8. The SMILES string of the molecule is COc1cc2c(cc1NS(=O)(=O)c1ccc(Cl)c(Cl)c1)oc1ccccc12. The van der Waals surface area contributed by atoms with Crippen LogP contribution >= 0.6 is 23.2 Å². The van der Waals surface area contributed by atoms with Crippen molar-refractivity contribution >= 4 is 60.9 Å². The quantitative estimate of drug-likeness (QED) is 0.458. The molecule has 0 aliphatic heterocycles. The molecule has 0 bridgehead atoms. The summed E-state index contributed by atoms with van der Waals surface area (Å²) in [7, 11) is -2.43. The maximum absolute atomic E-state index is 12.7. The number of nitrogens with one attached hydrogen (secondary N) is 1. The Morgan fingerprint density at radius 1 is 0.926 bits per heavy atom. The van der Waals surface area contributed by atoms with Gasteiger partial charge >= 0.3 is 0 Å². The largest absolute Gasteiger partial charge is 0.495 e. The highest BCUT2D eigenvalue weighted by Gasteiger charge is 2.20. The van der Waals surface area contributed by atoms with Crippen LogP contribution in [0.2, 0.25) is 10.0 Å². The summed E-state index contributed by atoms with van der Waals surface area (Å²) < 4.78 is 39.2. The van der Waals surface area contributed by atoms with Gasteiger partial charge in [-0.25, -0.2) is 8.42 Å². The van der Waals surface area contributed by atoms with Crippen molar-refractivity contribution in [3.05, 3.63) is 64.6 Å². The number of halogens is 2. The third-order valence-electron chi connectivity index (χ3n) is 4.14. The van der Waals surface area contributed by atoms with Gasteiger partial charge in [0.05, 0.1) is 27.7 Å². The lowest BCUT2D eigenvalue weighted by molar-refractivity contribution is 0.417. The molecule has 0 saturated heterocycles. The van der Waals surface area contributed by atoms with Crippen LogP contribution in [0.4, 0.5) is 5.69 Å². The predicted octanol–water partition coefficient (Wildman–Crippen LogP) is 5.70. The molecule has 5 nitrogen and oxygen atoms in total. The number of para-hydroxylation sites is 1. The standard InChI is InChI=1S/C19H13Cl2NO4S/c1-25-19-9-13-12-4-2-3-5-17(12)26-18(13)10-16(19)22-27(23,24)11-6-7-14(20)15(21)8-11/h2-10,22H,1H3. The van der Waals surface area contributed by atoms with Gasteiger partial charge in [0.1, 0.15) is 16.9 Å². The number of hydrogen-bond acceptors (Lipinski definition) is 4. The smallest absolute Gasteiger partial charge is 0.262 e. The second-order valence-electron chi connectivity index (χ2n) is 5.83. The molecule has 0 radical (unpaired) electrons. The first-order valence-corrected chi connectivity index (χ1v) is 10.1. The van der Waals surface area contributed by atoms with Gasteiger partial charge in [-0.05, 0) is 30.3 Å². The van der Waals surface area contributed by atoms with Gasteiger partial charge in [-0.1, -0.05) is 41.4 Å². The molecule has 0 aliphatic rings. The Morgan fingerprint density at radius 3 is 2.44 bits per heavy atom. The van der Waals surface area contributed by atoms with Crippen LogP contribution in [-0.2, 0) is 10.0 Å². The number of methoxy groups -OCH3 is 1. The fourth-order valence-corrected chi connectivity index (χ4v) is 4.30. The maximum atomic E-state index is 12.7. The molecule has 0 aliphatic carbocycles. The van der Waals surface area contributed by atoms with E-state index in [0.29, 0.717) is 16.9 Å². The van der Waals surface area contributed by atoms with Crippen molar-refractivity contribution in [3.63, 3.8) is 0 Å². The van der Waals surface area contributed by atoms with Crippen LogP contribution in [0.1, 0.15) is 0 Å². The van der Waals surface area contributed by atoms with Crippen LogP contribution in [-0.4, -0.2) is 15.5 Å². The number of furan rings is 1. The third kappa shape index (κ3) is 3.20. The Labute approximate surface area is 165 Å². The lowest BCUT2D eigenvalue weighted by atomic mass is 10.1. The molecule has 0 spiro atoms. The van der Waals surface area contributed by atoms with E-state index in [1.54, 1.807) is 12.1 Å². The molecule has 0 unspecified atom stereocenters. The minimum absolute atomic E-state index is 0.0105. The highest BCUT2D eigenvalue weighted by atomic mass is 35.5. The van der Waals surface area contributed by atoms with E-state index in [4.69, 9.17) is 32.4 Å². The highest BCUT2D eigenvalue weighted by molar-refractivity contribution is 7.92.